The van der Waals surface area contributed by atoms with E-state index in [0.29, 0.717) is 11.8 Å². The van der Waals surface area contributed by atoms with Gasteiger partial charge in [0.1, 0.15) is 5.52 Å². The molecular formula is C11H14N2O. The summed E-state index contributed by atoms with van der Waals surface area (Å²) in [5, 5.41) is 0. The van der Waals surface area contributed by atoms with Gasteiger partial charge < -0.3 is 10.2 Å². The Labute approximate surface area is 82.9 Å². The number of benzene rings is 1. The van der Waals surface area contributed by atoms with Gasteiger partial charge in [0.15, 0.2) is 5.58 Å². The number of fused-ring (bicyclic) bond motifs is 1. The Kier molecular flexibility index (Phi) is 2.25. The molecule has 0 amide bonds. The van der Waals surface area contributed by atoms with Gasteiger partial charge in [-0.2, -0.15) is 0 Å². The predicted molar refractivity (Wildman–Crippen MR) is 55.8 cm³/mol. The first kappa shape index (κ1) is 9.21. The van der Waals surface area contributed by atoms with Crippen LogP contribution >= 0.6 is 0 Å². The van der Waals surface area contributed by atoms with E-state index in [1.165, 1.54) is 0 Å². The number of aromatic nitrogens is 1. The first-order valence-corrected chi connectivity index (χ1v) is 4.79. The lowest BCUT2D eigenvalue weighted by molar-refractivity contribution is 0.403. The molecule has 0 bridgehead atoms. The highest BCUT2D eigenvalue weighted by atomic mass is 16.3. The summed E-state index contributed by atoms with van der Waals surface area (Å²) in [5.41, 5.74) is 7.62. The van der Waals surface area contributed by atoms with E-state index in [2.05, 4.69) is 18.8 Å². The van der Waals surface area contributed by atoms with Crippen molar-refractivity contribution >= 4 is 11.1 Å². The topological polar surface area (TPSA) is 52.0 Å². The quantitative estimate of drug-likeness (QED) is 0.791. The van der Waals surface area contributed by atoms with Crippen molar-refractivity contribution < 1.29 is 4.42 Å². The van der Waals surface area contributed by atoms with Crippen molar-refractivity contribution in [2.24, 2.45) is 11.7 Å². The minimum Gasteiger partial charge on any atom is -0.439 e. The molecule has 2 N–H and O–H groups in total. The Hall–Kier alpha value is -1.35. The summed E-state index contributed by atoms with van der Waals surface area (Å²) in [6, 6.07) is 7.57. The van der Waals surface area contributed by atoms with E-state index in [4.69, 9.17) is 10.2 Å². The highest BCUT2D eigenvalue weighted by Gasteiger charge is 2.16. The summed E-state index contributed by atoms with van der Waals surface area (Å²) in [6.07, 6.45) is 0. The molecule has 1 heterocycles. The third kappa shape index (κ3) is 1.51. The van der Waals surface area contributed by atoms with E-state index in [-0.39, 0.29) is 6.04 Å². The molecule has 0 fully saturated rings. The SMILES string of the molecule is CC(C)[C@H](N)c1nc2ccccc2o1. The van der Waals surface area contributed by atoms with Crippen LogP contribution in [0.5, 0.6) is 0 Å². The van der Waals surface area contributed by atoms with Crippen LogP contribution < -0.4 is 5.73 Å². The van der Waals surface area contributed by atoms with Crippen LogP contribution in [0.2, 0.25) is 0 Å². The number of hydrogen-bond acceptors (Lipinski definition) is 3. The zero-order valence-corrected chi connectivity index (χ0v) is 8.40. The maximum atomic E-state index is 5.95. The standard InChI is InChI=1S/C11H14N2O/c1-7(2)10(12)11-13-8-5-3-4-6-9(8)14-11/h3-7,10H,12H2,1-2H3/t10-/m0/s1. The Balaban J connectivity index is 2.45. The molecule has 0 spiro atoms. The Morgan fingerprint density at radius 1 is 1.29 bits per heavy atom. The van der Waals surface area contributed by atoms with Crippen LogP contribution in [0.4, 0.5) is 0 Å². The smallest absolute Gasteiger partial charge is 0.212 e. The maximum Gasteiger partial charge on any atom is 0.212 e. The van der Waals surface area contributed by atoms with Gasteiger partial charge in [-0.15, -0.1) is 0 Å². The Bertz CT molecular complexity index is 401. The molecule has 14 heavy (non-hydrogen) atoms. The summed E-state index contributed by atoms with van der Waals surface area (Å²) in [4.78, 5) is 4.34. The zero-order chi connectivity index (χ0) is 10.1. The third-order valence-electron chi connectivity index (χ3n) is 2.31. The molecule has 0 unspecified atom stereocenters. The lowest BCUT2D eigenvalue weighted by Gasteiger charge is -2.10. The summed E-state index contributed by atoms with van der Waals surface area (Å²) in [5.74, 6) is 0.962. The molecule has 3 heteroatoms. The van der Waals surface area contributed by atoms with Crippen molar-refractivity contribution in [1.29, 1.82) is 0 Å². The lowest BCUT2D eigenvalue weighted by atomic mass is 10.1. The van der Waals surface area contributed by atoms with Crippen molar-refractivity contribution in [2.75, 3.05) is 0 Å². The van der Waals surface area contributed by atoms with Crippen molar-refractivity contribution in [3.63, 3.8) is 0 Å². The zero-order valence-electron chi connectivity index (χ0n) is 8.40. The maximum absolute atomic E-state index is 5.95. The average Bonchev–Trinajstić information content (AvgIpc) is 2.59. The molecule has 2 aromatic rings. The van der Waals surface area contributed by atoms with Crippen LogP contribution in [-0.2, 0) is 0 Å². The summed E-state index contributed by atoms with van der Waals surface area (Å²) >= 11 is 0. The van der Waals surface area contributed by atoms with Crippen molar-refractivity contribution in [3.8, 4) is 0 Å². The van der Waals surface area contributed by atoms with Gasteiger partial charge in [-0.05, 0) is 18.1 Å². The highest BCUT2D eigenvalue weighted by Crippen LogP contribution is 2.22. The molecule has 74 valence electrons. The van der Waals surface area contributed by atoms with Gasteiger partial charge in [-0.25, -0.2) is 4.98 Å². The highest BCUT2D eigenvalue weighted by molar-refractivity contribution is 5.72. The van der Waals surface area contributed by atoms with Crippen LogP contribution in [0.15, 0.2) is 28.7 Å². The number of para-hydroxylation sites is 2. The van der Waals surface area contributed by atoms with Gasteiger partial charge in [-0.1, -0.05) is 26.0 Å². The summed E-state index contributed by atoms with van der Waals surface area (Å²) in [7, 11) is 0. The molecule has 1 aromatic heterocycles. The van der Waals surface area contributed by atoms with Crippen molar-refractivity contribution in [3.05, 3.63) is 30.2 Å². The first-order valence-electron chi connectivity index (χ1n) is 4.79. The monoisotopic (exact) mass is 190 g/mol. The second kappa shape index (κ2) is 3.42. The fraction of sp³-hybridized carbons (Fsp3) is 0.364. The Morgan fingerprint density at radius 3 is 2.64 bits per heavy atom. The number of hydrogen-bond donors (Lipinski definition) is 1. The van der Waals surface area contributed by atoms with Crippen molar-refractivity contribution in [1.82, 2.24) is 4.98 Å². The van der Waals surface area contributed by atoms with Crippen LogP contribution in [-0.4, -0.2) is 4.98 Å². The first-order chi connectivity index (χ1) is 6.68. The minimum absolute atomic E-state index is 0.123. The number of rotatable bonds is 2. The van der Waals surface area contributed by atoms with Gasteiger partial charge in [0, 0.05) is 0 Å². The molecule has 0 aliphatic rings. The summed E-state index contributed by atoms with van der Waals surface area (Å²) in [6.45, 7) is 4.11. The van der Waals surface area contributed by atoms with E-state index in [9.17, 15) is 0 Å². The molecule has 1 atom stereocenters. The van der Waals surface area contributed by atoms with Gasteiger partial charge >= 0.3 is 0 Å². The van der Waals surface area contributed by atoms with Crippen molar-refractivity contribution in [2.45, 2.75) is 19.9 Å². The van der Waals surface area contributed by atoms with Gasteiger partial charge in [0.2, 0.25) is 5.89 Å². The normalized spacial score (nSPS) is 13.7. The minimum atomic E-state index is -0.123. The fourth-order valence-electron chi connectivity index (χ4n) is 1.32. The molecule has 3 nitrogen and oxygen atoms in total. The molecule has 0 aliphatic carbocycles. The van der Waals surface area contributed by atoms with Gasteiger partial charge in [0.25, 0.3) is 0 Å². The predicted octanol–water partition coefficient (Wildman–Crippen LogP) is 2.48. The molecular weight excluding hydrogens is 176 g/mol. The summed E-state index contributed by atoms with van der Waals surface area (Å²) < 4.78 is 5.56. The lowest BCUT2D eigenvalue weighted by Crippen LogP contribution is -2.16. The number of oxazole rings is 1. The fourth-order valence-corrected chi connectivity index (χ4v) is 1.32. The number of nitrogens with zero attached hydrogens (tertiary/aromatic N) is 1. The van der Waals surface area contributed by atoms with Crippen LogP contribution in [0.25, 0.3) is 11.1 Å². The average molecular weight is 190 g/mol. The van der Waals surface area contributed by atoms with Crippen LogP contribution in [0.1, 0.15) is 25.8 Å². The molecule has 0 saturated carbocycles. The molecule has 0 radical (unpaired) electrons. The largest absolute Gasteiger partial charge is 0.439 e. The third-order valence-corrected chi connectivity index (χ3v) is 2.31. The second-order valence-electron chi connectivity index (χ2n) is 3.79. The van der Waals surface area contributed by atoms with Crippen LogP contribution in [0, 0.1) is 5.92 Å². The molecule has 1 aromatic carbocycles. The van der Waals surface area contributed by atoms with E-state index in [0.717, 1.165) is 11.1 Å². The molecule has 2 rings (SSSR count). The molecule has 0 aliphatic heterocycles. The van der Waals surface area contributed by atoms with E-state index < -0.39 is 0 Å². The van der Waals surface area contributed by atoms with Gasteiger partial charge in [0.05, 0.1) is 6.04 Å². The van der Waals surface area contributed by atoms with Crippen LogP contribution in [0.3, 0.4) is 0 Å². The molecule has 0 saturated heterocycles. The number of nitrogens with two attached hydrogens (primary N) is 1. The Morgan fingerprint density at radius 2 is 2.00 bits per heavy atom. The van der Waals surface area contributed by atoms with E-state index >= 15 is 0 Å². The van der Waals surface area contributed by atoms with Gasteiger partial charge in [-0.3, -0.25) is 0 Å². The second-order valence-corrected chi connectivity index (χ2v) is 3.79. The van der Waals surface area contributed by atoms with E-state index in [1.54, 1.807) is 0 Å². The van der Waals surface area contributed by atoms with E-state index in [1.807, 2.05) is 24.3 Å².